The van der Waals surface area contributed by atoms with Crippen LogP contribution >= 0.6 is 11.6 Å². The van der Waals surface area contributed by atoms with Crippen LogP contribution in [0.25, 0.3) is 11.3 Å². The van der Waals surface area contributed by atoms with Crippen LogP contribution in [0.3, 0.4) is 0 Å². The van der Waals surface area contributed by atoms with Gasteiger partial charge in [0.05, 0.1) is 29.9 Å². The molecule has 3 atom stereocenters. The van der Waals surface area contributed by atoms with Crippen molar-refractivity contribution in [2.75, 3.05) is 4.90 Å². The SMILES string of the molecule is CC[C@@H]1C[C@H](N(Cc2cc(Cl)cc(C(F)(F)F)c2)c2ncc(-c3cncn3C)cn2)C[C@H](CC)N1C(=O)OC(C)C. The van der Waals surface area contributed by atoms with Crippen LogP contribution in [0.4, 0.5) is 23.9 Å². The lowest BCUT2D eigenvalue weighted by Crippen LogP contribution is -2.57. The molecule has 222 valence electrons. The van der Waals surface area contributed by atoms with Gasteiger partial charge in [-0.15, -0.1) is 0 Å². The Hall–Kier alpha value is -3.34. The Labute approximate surface area is 243 Å². The van der Waals surface area contributed by atoms with Crippen LogP contribution in [0.2, 0.25) is 5.02 Å². The number of aryl methyl sites for hydroxylation is 1. The summed E-state index contributed by atoms with van der Waals surface area (Å²) in [7, 11) is 1.87. The Morgan fingerprint density at radius 3 is 2.24 bits per heavy atom. The van der Waals surface area contributed by atoms with Crippen molar-refractivity contribution < 1.29 is 22.7 Å². The summed E-state index contributed by atoms with van der Waals surface area (Å²) in [6.07, 6.45) is 4.21. The van der Waals surface area contributed by atoms with E-state index in [0.29, 0.717) is 37.2 Å². The van der Waals surface area contributed by atoms with Crippen molar-refractivity contribution in [2.45, 2.75) is 90.3 Å². The zero-order chi connectivity index (χ0) is 29.9. The molecule has 4 rings (SSSR count). The van der Waals surface area contributed by atoms with E-state index in [1.165, 1.54) is 6.07 Å². The molecule has 1 amide bonds. The van der Waals surface area contributed by atoms with Crippen LogP contribution in [0.5, 0.6) is 0 Å². The van der Waals surface area contributed by atoms with E-state index < -0.39 is 11.7 Å². The molecule has 1 aliphatic heterocycles. The number of aromatic nitrogens is 4. The van der Waals surface area contributed by atoms with Crippen LogP contribution in [0.15, 0.2) is 43.1 Å². The van der Waals surface area contributed by atoms with Crippen molar-refractivity contribution in [3.8, 4) is 11.3 Å². The first kappa shape index (κ1) is 30.6. The Balaban J connectivity index is 1.72. The lowest BCUT2D eigenvalue weighted by molar-refractivity contribution is -0.137. The number of carbonyl (C=O) groups excluding carboxylic acids is 1. The summed E-state index contributed by atoms with van der Waals surface area (Å²) in [6.45, 7) is 7.79. The molecule has 2 aromatic heterocycles. The van der Waals surface area contributed by atoms with E-state index in [4.69, 9.17) is 16.3 Å². The molecule has 0 aliphatic carbocycles. The van der Waals surface area contributed by atoms with E-state index >= 15 is 0 Å². The molecule has 0 saturated carbocycles. The molecule has 0 N–H and O–H groups in total. The van der Waals surface area contributed by atoms with Gasteiger partial charge >= 0.3 is 12.3 Å². The van der Waals surface area contributed by atoms with E-state index in [2.05, 4.69) is 15.0 Å². The average Bonchev–Trinajstić information content (AvgIpc) is 3.35. The van der Waals surface area contributed by atoms with Crippen LogP contribution < -0.4 is 4.90 Å². The summed E-state index contributed by atoms with van der Waals surface area (Å²) in [6, 6.07) is 3.19. The monoisotopic (exact) mass is 592 g/mol. The number of nitrogens with zero attached hydrogens (tertiary/aromatic N) is 6. The minimum Gasteiger partial charge on any atom is -0.447 e. The van der Waals surface area contributed by atoms with Crippen molar-refractivity contribution in [1.29, 1.82) is 0 Å². The standard InChI is InChI=1S/C29H36ClF3N6O2/c1-6-23-11-25(12-24(7-2)39(23)28(40)41-18(3)4)38(16-19-8-21(29(31,32)33)10-22(30)9-19)27-35-13-20(14-36-27)26-15-34-17-37(26)5/h8-10,13-15,17-18,23-25H,6-7,11-12,16H2,1-5H3/t23-,24+,25+. The second-order valence-corrected chi connectivity index (χ2v) is 11.2. The highest BCUT2D eigenvalue weighted by molar-refractivity contribution is 6.30. The van der Waals surface area contributed by atoms with Crippen molar-refractivity contribution in [3.05, 3.63) is 59.3 Å². The molecule has 3 aromatic rings. The molecule has 1 aliphatic rings. The van der Waals surface area contributed by atoms with Crippen molar-refractivity contribution in [1.82, 2.24) is 24.4 Å². The number of benzene rings is 1. The van der Waals surface area contributed by atoms with Gasteiger partial charge < -0.3 is 19.1 Å². The normalized spacial score (nSPS) is 19.5. The first-order valence-corrected chi connectivity index (χ1v) is 14.2. The van der Waals surface area contributed by atoms with Crippen molar-refractivity contribution in [3.63, 3.8) is 0 Å². The number of carbonyl (C=O) groups is 1. The fourth-order valence-electron chi connectivity index (χ4n) is 5.49. The maximum absolute atomic E-state index is 13.6. The van der Waals surface area contributed by atoms with Crippen molar-refractivity contribution in [2.24, 2.45) is 7.05 Å². The Bertz CT molecular complexity index is 1320. The third-order valence-corrected chi connectivity index (χ3v) is 7.67. The summed E-state index contributed by atoms with van der Waals surface area (Å²) in [5.74, 6) is 0.386. The first-order chi connectivity index (χ1) is 19.4. The van der Waals surface area contributed by atoms with Crippen molar-refractivity contribution >= 4 is 23.6 Å². The lowest BCUT2D eigenvalue weighted by atomic mass is 9.87. The lowest BCUT2D eigenvalue weighted by Gasteiger charge is -2.47. The summed E-state index contributed by atoms with van der Waals surface area (Å²) in [5.41, 5.74) is 1.19. The molecule has 0 unspecified atom stereocenters. The van der Waals surface area contributed by atoms with Gasteiger partial charge in [0.25, 0.3) is 0 Å². The van der Waals surface area contributed by atoms with Crippen LogP contribution in [-0.2, 0) is 24.5 Å². The third-order valence-electron chi connectivity index (χ3n) is 7.45. The minimum atomic E-state index is -4.53. The molecule has 0 spiro atoms. The number of ether oxygens (including phenoxy) is 1. The van der Waals surface area contributed by atoms with Gasteiger partial charge in [0, 0.05) is 54.7 Å². The Morgan fingerprint density at radius 1 is 1.10 bits per heavy atom. The number of piperidine rings is 1. The zero-order valence-corrected chi connectivity index (χ0v) is 24.7. The quantitative estimate of drug-likeness (QED) is 0.277. The van der Waals surface area contributed by atoms with Gasteiger partial charge in [-0.2, -0.15) is 13.2 Å². The molecule has 1 fully saturated rings. The highest BCUT2D eigenvalue weighted by Gasteiger charge is 2.41. The van der Waals surface area contributed by atoms with Gasteiger partial charge in [0.15, 0.2) is 0 Å². The second-order valence-electron chi connectivity index (χ2n) is 10.7. The molecule has 3 heterocycles. The fourth-order valence-corrected chi connectivity index (χ4v) is 5.75. The van der Waals surface area contributed by atoms with E-state index in [9.17, 15) is 18.0 Å². The number of hydrogen-bond acceptors (Lipinski definition) is 6. The number of imidazole rings is 1. The van der Waals surface area contributed by atoms with Gasteiger partial charge in [0.1, 0.15) is 0 Å². The maximum atomic E-state index is 13.6. The molecule has 0 radical (unpaired) electrons. The molecule has 0 bridgehead atoms. The summed E-state index contributed by atoms with van der Waals surface area (Å²) < 4.78 is 48.3. The predicted molar refractivity (Wildman–Crippen MR) is 152 cm³/mol. The number of alkyl halides is 3. The van der Waals surface area contributed by atoms with E-state index in [0.717, 1.165) is 23.4 Å². The molecule has 8 nitrogen and oxygen atoms in total. The summed E-state index contributed by atoms with van der Waals surface area (Å²) in [5, 5.41) is 0.00590. The van der Waals surface area contributed by atoms with Gasteiger partial charge in [-0.3, -0.25) is 0 Å². The van der Waals surface area contributed by atoms with E-state index in [-0.39, 0.29) is 41.9 Å². The first-order valence-electron chi connectivity index (χ1n) is 13.8. The highest BCUT2D eigenvalue weighted by Crippen LogP contribution is 2.36. The second kappa shape index (κ2) is 12.7. The van der Waals surface area contributed by atoms with Gasteiger partial charge in [-0.1, -0.05) is 25.4 Å². The summed E-state index contributed by atoms with van der Waals surface area (Å²) in [4.78, 5) is 30.3. The van der Waals surface area contributed by atoms with E-state index in [1.807, 2.05) is 49.1 Å². The molecular formula is C29H36ClF3N6O2. The predicted octanol–water partition coefficient (Wildman–Crippen LogP) is 7.12. The molecular weight excluding hydrogens is 557 g/mol. The van der Waals surface area contributed by atoms with Gasteiger partial charge in [0.2, 0.25) is 5.95 Å². The molecule has 12 heteroatoms. The number of halogens is 4. The van der Waals surface area contributed by atoms with Gasteiger partial charge in [-0.05, 0) is 63.3 Å². The average molecular weight is 593 g/mol. The third kappa shape index (κ3) is 7.12. The molecule has 1 aromatic carbocycles. The number of hydrogen-bond donors (Lipinski definition) is 0. The zero-order valence-electron chi connectivity index (χ0n) is 23.9. The number of anilines is 1. The largest absolute Gasteiger partial charge is 0.447 e. The minimum absolute atomic E-state index is 0.00590. The van der Waals surface area contributed by atoms with E-state index in [1.54, 1.807) is 24.9 Å². The van der Waals surface area contributed by atoms with Crippen LogP contribution in [-0.4, -0.2) is 54.7 Å². The fraction of sp³-hybridized carbons (Fsp3) is 0.517. The Kier molecular flexibility index (Phi) is 9.46. The topological polar surface area (TPSA) is 76.4 Å². The molecule has 41 heavy (non-hydrogen) atoms. The maximum Gasteiger partial charge on any atom is 0.416 e. The van der Waals surface area contributed by atoms with Gasteiger partial charge in [-0.25, -0.2) is 19.7 Å². The number of likely N-dealkylation sites (tertiary alicyclic amines) is 1. The van der Waals surface area contributed by atoms with Crippen LogP contribution in [0.1, 0.15) is 64.5 Å². The highest BCUT2D eigenvalue weighted by atomic mass is 35.5. The summed E-state index contributed by atoms with van der Waals surface area (Å²) >= 11 is 6.13. The molecule has 1 saturated heterocycles. The van der Waals surface area contributed by atoms with Crippen LogP contribution in [0, 0.1) is 0 Å². The number of rotatable bonds is 8. The number of amides is 1. The smallest absolute Gasteiger partial charge is 0.416 e. The Morgan fingerprint density at radius 2 is 1.73 bits per heavy atom.